The number of benzene rings is 2. The van der Waals surface area contributed by atoms with Crippen LogP contribution < -0.4 is 19.7 Å². The number of rotatable bonds is 6. The highest BCUT2D eigenvalue weighted by atomic mass is 16.5. The molecule has 0 radical (unpaired) electrons. The molecular weight excluding hydrogens is 360 g/mol. The summed E-state index contributed by atoms with van der Waals surface area (Å²) in [5.41, 5.74) is 2.79. The van der Waals surface area contributed by atoms with Crippen LogP contribution in [0.2, 0.25) is 0 Å². The van der Waals surface area contributed by atoms with Crippen molar-refractivity contribution in [3.63, 3.8) is 0 Å². The van der Waals surface area contributed by atoms with Crippen LogP contribution in [0.25, 0.3) is 0 Å². The second-order valence-corrected chi connectivity index (χ2v) is 6.42. The lowest BCUT2D eigenvalue weighted by Crippen LogP contribution is -2.37. The molecule has 0 spiro atoms. The molecule has 0 saturated carbocycles. The topological polar surface area (TPSA) is 77.1 Å². The molecule has 0 aromatic heterocycles. The molecule has 0 saturated heterocycles. The van der Waals surface area contributed by atoms with Crippen LogP contribution in [-0.4, -0.2) is 46.3 Å². The minimum Gasteiger partial charge on any atom is -0.496 e. The Bertz CT molecular complexity index is 859. The lowest BCUT2D eigenvalue weighted by atomic mass is 10.0. The molecule has 2 aromatic rings. The predicted molar refractivity (Wildman–Crippen MR) is 106 cm³/mol. The number of fused-ring (bicyclic) bond motifs is 1. The van der Waals surface area contributed by atoms with Crippen molar-refractivity contribution in [2.75, 3.05) is 44.7 Å². The Morgan fingerprint density at radius 3 is 2.43 bits per heavy atom. The van der Waals surface area contributed by atoms with Crippen LogP contribution in [0.4, 0.5) is 11.4 Å². The molecule has 1 aliphatic heterocycles. The van der Waals surface area contributed by atoms with E-state index in [1.165, 1.54) is 21.3 Å². The van der Waals surface area contributed by atoms with Gasteiger partial charge >= 0.3 is 0 Å². The summed E-state index contributed by atoms with van der Waals surface area (Å²) in [5.74, 6) is 0.400. The summed E-state index contributed by atoms with van der Waals surface area (Å²) in [6, 6.07) is 10.8. The Labute approximate surface area is 164 Å². The maximum Gasteiger partial charge on any atom is 0.263 e. The average molecular weight is 384 g/mol. The fourth-order valence-electron chi connectivity index (χ4n) is 3.38. The molecular formula is C21H24N2O5. The Balaban J connectivity index is 1.89. The molecule has 148 valence electrons. The number of hydrogen-bond donors (Lipinski definition) is 1. The normalized spacial score (nSPS) is 12.9. The van der Waals surface area contributed by atoms with Crippen molar-refractivity contribution in [1.29, 1.82) is 0 Å². The fourth-order valence-corrected chi connectivity index (χ4v) is 3.38. The summed E-state index contributed by atoms with van der Waals surface area (Å²) in [6.45, 7) is 0.654. The van der Waals surface area contributed by atoms with Gasteiger partial charge in [0.15, 0.2) is 0 Å². The Morgan fingerprint density at radius 2 is 1.79 bits per heavy atom. The molecule has 0 unspecified atom stereocenters. The van der Waals surface area contributed by atoms with Crippen molar-refractivity contribution in [2.45, 2.75) is 12.8 Å². The molecule has 3 rings (SSSR count). The van der Waals surface area contributed by atoms with E-state index in [0.29, 0.717) is 29.3 Å². The average Bonchev–Trinajstić information content (AvgIpc) is 2.72. The molecule has 1 N–H and O–H groups in total. The van der Waals surface area contributed by atoms with Crippen molar-refractivity contribution in [3.8, 4) is 11.5 Å². The first-order valence-corrected chi connectivity index (χ1v) is 9.03. The van der Waals surface area contributed by atoms with E-state index >= 15 is 0 Å². The second-order valence-electron chi connectivity index (χ2n) is 6.42. The number of aryl methyl sites for hydroxylation is 1. The Hall–Kier alpha value is -3.06. The first-order valence-electron chi connectivity index (χ1n) is 9.03. The van der Waals surface area contributed by atoms with Gasteiger partial charge in [0, 0.05) is 25.0 Å². The van der Waals surface area contributed by atoms with Gasteiger partial charge in [0.2, 0.25) is 0 Å². The number of carbonyl (C=O) groups is 2. The summed E-state index contributed by atoms with van der Waals surface area (Å²) in [5, 5.41) is 2.88. The van der Waals surface area contributed by atoms with E-state index < -0.39 is 0 Å². The molecule has 0 atom stereocenters. The van der Waals surface area contributed by atoms with Crippen LogP contribution in [0.1, 0.15) is 22.3 Å². The van der Waals surface area contributed by atoms with Crippen LogP contribution in [-0.2, 0) is 16.0 Å². The largest absolute Gasteiger partial charge is 0.496 e. The number of hydrogen-bond acceptors (Lipinski definition) is 5. The third-order valence-electron chi connectivity index (χ3n) is 4.69. The second kappa shape index (κ2) is 8.75. The van der Waals surface area contributed by atoms with Crippen molar-refractivity contribution in [2.24, 2.45) is 0 Å². The van der Waals surface area contributed by atoms with Crippen LogP contribution in [0, 0.1) is 0 Å². The zero-order valence-corrected chi connectivity index (χ0v) is 16.3. The number of nitrogens with one attached hydrogen (secondary N) is 1. The van der Waals surface area contributed by atoms with Crippen molar-refractivity contribution < 1.29 is 23.8 Å². The summed E-state index contributed by atoms with van der Waals surface area (Å²) in [4.78, 5) is 27.0. The van der Waals surface area contributed by atoms with Crippen LogP contribution >= 0.6 is 0 Å². The van der Waals surface area contributed by atoms with Gasteiger partial charge in [0.05, 0.1) is 14.2 Å². The molecule has 7 nitrogen and oxygen atoms in total. The number of ether oxygens (including phenoxy) is 3. The molecule has 2 aromatic carbocycles. The number of amides is 2. The van der Waals surface area contributed by atoms with E-state index in [4.69, 9.17) is 14.2 Å². The highest BCUT2D eigenvalue weighted by Gasteiger charge is 2.24. The Kier molecular flexibility index (Phi) is 6.16. The van der Waals surface area contributed by atoms with E-state index in [0.717, 1.165) is 24.1 Å². The Morgan fingerprint density at radius 1 is 1.07 bits per heavy atom. The molecule has 0 fully saturated rings. The van der Waals surface area contributed by atoms with Crippen molar-refractivity contribution in [1.82, 2.24) is 0 Å². The molecule has 1 aliphatic rings. The van der Waals surface area contributed by atoms with Gasteiger partial charge in [-0.25, -0.2) is 0 Å². The van der Waals surface area contributed by atoms with E-state index in [9.17, 15) is 9.59 Å². The highest BCUT2D eigenvalue weighted by Crippen LogP contribution is 2.32. The van der Waals surface area contributed by atoms with Crippen LogP contribution in [0.5, 0.6) is 11.5 Å². The first-order chi connectivity index (χ1) is 13.6. The highest BCUT2D eigenvalue weighted by molar-refractivity contribution is 6.08. The predicted octanol–water partition coefficient (Wildman–Crippen LogP) is 2.88. The smallest absolute Gasteiger partial charge is 0.263 e. The third-order valence-corrected chi connectivity index (χ3v) is 4.69. The van der Waals surface area contributed by atoms with E-state index in [-0.39, 0.29) is 18.4 Å². The van der Waals surface area contributed by atoms with E-state index in [1.807, 2.05) is 18.2 Å². The monoisotopic (exact) mass is 384 g/mol. The number of carbonyl (C=O) groups excluding carboxylic acids is 2. The van der Waals surface area contributed by atoms with Gasteiger partial charge in [0.25, 0.3) is 11.8 Å². The summed E-state index contributed by atoms with van der Waals surface area (Å²) < 4.78 is 15.6. The zero-order chi connectivity index (χ0) is 20.1. The number of nitrogens with zero attached hydrogens (tertiary/aromatic N) is 1. The first kappa shape index (κ1) is 19.7. The van der Waals surface area contributed by atoms with Crippen molar-refractivity contribution >= 4 is 23.2 Å². The quantitative estimate of drug-likeness (QED) is 0.829. The molecule has 0 bridgehead atoms. The minimum atomic E-state index is -0.347. The van der Waals surface area contributed by atoms with Gasteiger partial charge in [0.1, 0.15) is 23.7 Å². The van der Waals surface area contributed by atoms with Crippen LogP contribution in [0.15, 0.2) is 36.4 Å². The SMILES string of the molecule is COCC(=O)N1CCCc2ccc(NC(=O)c3c(OC)cccc3OC)cc21. The lowest BCUT2D eigenvalue weighted by Gasteiger charge is -2.30. The van der Waals surface area contributed by atoms with E-state index in [2.05, 4.69) is 5.32 Å². The van der Waals surface area contributed by atoms with Gasteiger partial charge < -0.3 is 24.4 Å². The summed E-state index contributed by atoms with van der Waals surface area (Å²) in [6.07, 6.45) is 1.78. The number of methoxy groups -OCH3 is 3. The summed E-state index contributed by atoms with van der Waals surface area (Å²) in [7, 11) is 4.51. The zero-order valence-electron chi connectivity index (χ0n) is 16.3. The molecule has 28 heavy (non-hydrogen) atoms. The van der Waals surface area contributed by atoms with Gasteiger partial charge in [-0.15, -0.1) is 0 Å². The van der Waals surface area contributed by atoms with Crippen molar-refractivity contribution in [3.05, 3.63) is 47.5 Å². The molecule has 1 heterocycles. The fraction of sp³-hybridized carbons (Fsp3) is 0.333. The lowest BCUT2D eigenvalue weighted by molar-refractivity contribution is -0.122. The van der Waals surface area contributed by atoms with Gasteiger partial charge in [-0.2, -0.15) is 0 Å². The van der Waals surface area contributed by atoms with Crippen LogP contribution in [0.3, 0.4) is 0 Å². The minimum absolute atomic E-state index is 0.0223. The molecule has 0 aliphatic carbocycles. The standard InChI is InChI=1S/C21H24N2O5/c1-26-13-19(24)23-11-5-6-14-9-10-15(12-16(14)23)22-21(25)20-17(27-2)7-4-8-18(20)28-3/h4,7-10,12H,5-6,11,13H2,1-3H3,(H,22,25). The van der Waals surface area contributed by atoms with E-state index in [1.54, 1.807) is 23.1 Å². The van der Waals surface area contributed by atoms with Gasteiger partial charge in [-0.1, -0.05) is 12.1 Å². The number of anilines is 2. The summed E-state index contributed by atoms with van der Waals surface area (Å²) >= 11 is 0. The van der Waals surface area contributed by atoms with Gasteiger partial charge in [-0.05, 0) is 42.7 Å². The maximum atomic E-state index is 12.9. The molecule has 2 amide bonds. The maximum absolute atomic E-state index is 12.9. The third kappa shape index (κ3) is 3.94. The molecule has 7 heteroatoms. The van der Waals surface area contributed by atoms with Gasteiger partial charge in [-0.3, -0.25) is 9.59 Å².